The molecule has 122 valence electrons. The van der Waals surface area contributed by atoms with Gasteiger partial charge in [-0.25, -0.2) is 19.8 Å². The van der Waals surface area contributed by atoms with E-state index in [0.717, 1.165) is 4.90 Å². The number of amides is 4. The second-order valence-electron chi connectivity index (χ2n) is 6.72. The number of hydrogen-bond acceptors (Lipinski definition) is 4. The van der Waals surface area contributed by atoms with Crippen LogP contribution < -0.4 is 10.6 Å². The number of carboxylic acid groups (broad SMARTS) is 1. The molecule has 22 heavy (non-hydrogen) atoms. The number of quaternary nitrogens is 1. The van der Waals surface area contributed by atoms with E-state index in [-0.39, 0.29) is 22.3 Å². The first-order valence-electron chi connectivity index (χ1n) is 7.28. The van der Waals surface area contributed by atoms with Crippen molar-refractivity contribution in [3.05, 3.63) is 11.5 Å². The molecule has 0 saturated heterocycles. The molecule has 0 spiro atoms. The van der Waals surface area contributed by atoms with Crippen LogP contribution >= 0.6 is 0 Å². The van der Waals surface area contributed by atoms with Gasteiger partial charge >= 0.3 is 12.1 Å². The maximum Gasteiger partial charge on any atom is 0.430 e. The minimum Gasteiger partial charge on any atom is -0.465 e. The Morgan fingerprint density at radius 2 is 1.68 bits per heavy atom. The molecule has 2 aliphatic heterocycles. The van der Waals surface area contributed by atoms with Gasteiger partial charge in [0, 0.05) is 0 Å². The lowest BCUT2D eigenvalue weighted by atomic mass is 10.1. The minimum absolute atomic E-state index is 0.000463. The summed E-state index contributed by atoms with van der Waals surface area (Å²) in [5.41, 5.74) is -1.01. The first kappa shape index (κ1) is 16.3. The molecule has 0 saturated carbocycles. The topological polar surface area (TPSA) is 98.7 Å². The molecule has 0 bridgehead atoms. The summed E-state index contributed by atoms with van der Waals surface area (Å²) in [4.78, 5) is 37.5. The molecule has 0 aliphatic carbocycles. The summed E-state index contributed by atoms with van der Waals surface area (Å²) in [5, 5.41) is 14.9. The van der Waals surface area contributed by atoms with Crippen molar-refractivity contribution in [1.29, 1.82) is 0 Å². The number of carbonyl (C=O) groups excluding carboxylic acids is 2. The van der Waals surface area contributed by atoms with E-state index in [9.17, 15) is 19.5 Å². The fraction of sp³-hybridized carbons (Fsp3) is 0.643. The molecule has 2 heterocycles. The lowest BCUT2D eigenvalue weighted by Gasteiger charge is -2.44. The average molecular weight is 311 g/mol. The molecule has 2 aliphatic rings. The molecular formula is C14H23N4O4+. The first-order valence-corrected chi connectivity index (χ1v) is 7.28. The standard InChI is InChI=1S/C14H22N4O4/c1-7(2)18(8(3)4)10-9(11(19)15-12(18)20)17(13(21)22)14(5,6)16-10/h7-8H,1-6H3,(H2-,15,16,19,20,21,22)/p+1. The molecular weight excluding hydrogens is 288 g/mol. The fourth-order valence-electron chi connectivity index (χ4n) is 3.53. The summed E-state index contributed by atoms with van der Waals surface area (Å²) in [5.74, 6) is -0.332. The van der Waals surface area contributed by atoms with Crippen LogP contribution in [0.15, 0.2) is 11.5 Å². The SMILES string of the molecule is CC(C)[N+]1(C(C)C)C(=O)NC(=O)C2=C1NC(C)(C)N2C(=O)O. The van der Waals surface area contributed by atoms with Gasteiger partial charge in [-0.2, -0.15) is 4.48 Å². The van der Waals surface area contributed by atoms with Crippen molar-refractivity contribution < 1.29 is 24.0 Å². The maximum atomic E-state index is 12.6. The second-order valence-corrected chi connectivity index (χ2v) is 6.72. The zero-order chi connectivity index (χ0) is 17.0. The van der Waals surface area contributed by atoms with Crippen LogP contribution in [0.1, 0.15) is 41.5 Å². The molecule has 0 fully saturated rings. The van der Waals surface area contributed by atoms with Gasteiger partial charge in [-0.05, 0) is 41.5 Å². The Bertz CT molecular complexity index is 584. The smallest absolute Gasteiger partial charge is 0.430 e. The zero-order valence-electron chi connectivity index (χ0n) is 13.7. The van der Waals surface area contributed by atoms with Crippen molar-refractivity contribution in [2.75, 3.05) is 0 Å². The maximum absolute atomic E-state index is 12.6. The third kappa shape index (κ3) is 1.83. The summed E-state index contributed by atoms with van der Waals surface area (Å²) in [6.07, 6.45) is -1.24. The number of rotatable bonds is 2. The van der Waals surface area contributed by atoms with E-state index in [0.29, 0.717) is 5.82 Å². The normalized spacial score (nSPS) is 22.8. The van der Waals surface area contributed by atoms with Gasteiger partial charge in [0.1, 0.15) is 5.66 Å². The van der Waals surface area contributed by atoms with E-state index < -0.39 is 23.7 Å². The molecule has 4 amide bonds. The van der Waals surface area contributed by atoms with Gasteiger partial charge in [-0.1, -0.05) is 0 Å². The number of urea groups is 1. The molecule has 3 N–H and O–H groups in total. The highest BCUT2D eigenvalue weighted by Crippen LogP contribution is 2.39. The third-order valence-corrected chi connectivity index (χ3v) is 4.39. The monoisotopic (exact) mass is 311 g/mol. The van der Waals surface area contributed by atoms with Gasteiger partial charge in [0.05, 0.1) is 12.1 Å². The van der Waals surface area contributed by atoms with Crippen LogP contribution in [0.25, 0.3) is 0 Å². The van der Waals surface area contributed by atoms with E-state index in [4.69, 9.17) is 0 Å². The molecule has 0 aromatic heterocycles. The second kappa shape index (κ2) is 4.70. The van der Waals surface area contributed by atoms with Crippen LogP contribution in [0.2, 0.25) is 0 Å². The zero-order valence-corrected chi connectivity index (χ0v) is 13.7. The Labute approximate surface area is 129 Å². The molecule has 2 rings (SSSR count). The minimum atomic E-state index is -1.24. The predicted octanol–water partition coefficient (Wildman–Crippen LogP) is 1.36. The predicted molar refractivity (Wildman–Crippen MR) is 78.2 cm³/mol. The first-order chi connectivity index (χ1) is 9.97. The van der Waals surface area contributed by atoms with E-state index in [2.05, 4.69) is 10.6 Å². The Kier molecular flexibility index (Phi) is 3.48. The third-order valence-electron chi connectivity index (χ3n) is 4.39. The van der Waals surface area contributed by atoms with Gasteiger partial charge in [0.2, 0.25) is 5.82 Å². The summed E-state index contributed by atoms with van der Waals surface area (Å²) in [7, 11) is 0. The van der Waals surface area contributed by atoms with Gasteiger partial charge < -0.3 is 10.4 Å². The van der Waals surface area contributed by atoms with E-state index in [1.165, 1.54) is 0 Å². The van der Waals surface area contributed by atoms with Crippen LogP contribution in [0.5, 0.6) is 0 Å². The van der Waals surface area contributed by atoms with Crippen molar-refractivity contribution in [2.24, 2.45) is 0 Å². The van der Waals surface area contributed by atoms with Gasteiger partial charge in [-0.3, -0.25) is 4.79 Å². The van der Waals surface area contributed by atoms with Crippen molar-refractivity contribution in [1.82, 2.24) is 15.5 Å². The highest BCUT2D eigenvalue weighted by atomic mass is 16.4. The molecule has 0 atom stereocenters. The van der Waals surface area contributed by atoms with Crippen LogP contribution in [0.4, 0.5) is 9.59 Å². The van der Waals surface area contributed by atoms with Gasteiger partial charge in [0.25, 0.3) is 5.91 Å². The fourth-order valence-corrected chi connectivity index (χ4v) is 3.53. The number of nitrogens with one attached hydrogen (secondary N) is 2. The molecule has 0 unspecified atom stereocenters. The summed E-state index contributed by atoms with van der Waals surface area (Å²) in [6, 6.07) is -0.783. The quantitative estimate of drug-likeness (QED) is 0.669. The molecule has 0 radical (unpaired) electrons. The molecule has 0 aromatic rings. The summed E-state index contributed by atoms with van der Waals surface area (Å²) in [6.45, 7) is 10.8. The largest absolute Gasteiger partial charge is 0.465 e. The Morgan fingerprint density at radius 1 is 1.18 bits per heavy atom. The number of imide groups is 1. The lowest BCUT2D eigenvalue weighted by Crippen LogP contribution is -2.69. The highest BCUT2D eigenvalue weighted by Gasteiger charge is 2.61. The van der Waals surface area contributed by atoms with E-state index in [1.807, 2.05) is 27.7 Å². The Hall–Kier alpha value is -2.09. The van der Waals surface area contributed by atoms with Gasteiger partial charge in [0.15, 0.2) is 5.70 Å². The highest BCUT2D eigenvalue weighted by molar-refractivity contribution is 6.06. The number of hydrogen-bond donors (Lipinski definition) is 3. The van der Waals surface area contributed by atoms with Gasteiger partial charge in [-0.15, -0.1) is 0 Å². The number of carbonyl (C=O) groups is 3. The van der Waals surface area contributed by atoms with E-state index >= 15 is 0 Å². The van der Waals surface area contributed by atoms with Crippen LogP contribution in [0.3, 0.4) is 0 Å². The van der Waals surface area contributed by atoms with Crippen molar-refractivity contribution >= 4 is 18.0 Å². The van der Waals surface area contributed by atoms with E-state index in [1.54, 1.807) is 13.8 Å². The van der Waals surface area contributed by atoms with Crippen LogP contribution in [-0.2, 0) is 4.79 Å². The van der Waals surface area contributed by atoms with Crippen LogP contribution in [-0.4, -0.2) is 50.3 Å². The summed E-state index contributed by atoms with van der Waals surface area (Å²) >= 11 is 0. The molecule has 0 aromatic carbocycles. The summed E-state index contributed by atoms with van der Waals surface area (Å²) < 4.78 is -0.145. The number of nitrogens with zero attached hydrogens (tertiary/aromatic N) is 2. The average Bonchev–Trinajstić information content (AvgIpc) is 2.60. The Morgan fingerprint density at radius 3 is 2.09 bits per heavy atom. The lowest BCUT2D eigenvalue weighted by molar-refractivity contribution is -0.860. The van der Waals surface area contributed by atoms with Crippen LogP contribution in [0, 0.1) is 0 Å². The Balaban J connectivity index is 2.79. The van der Waals surface area contributed by atoms with Crippen molar-refractivity contribution in [2.45, 2.75) is 59.3 Å². The molecule has 8 nitrogen and oxygen atoms in total. The molecule has 8 heteroatoms. The van der Waals surface area contributed by atoms with Crippen molar-refractivity contribution in [3.63, 3.8) is 0 Å². The van der Waals surface area contributed by atoms with Crippen molar-refractivity contribution in [3.8, 4) is 0 Å².